The van der Waals surface area contributed by atoms with E-state index in [1.54, 1.807) is 6.07 Å². The first-order valence-corrected chi connectivity index (χ1v) is 7.24. The van der Waals surface area contributed by atoms with Crippen molar-refractivity contribution in [1.82, 2.24) is 0 Å². The van der Waals surface area contributed by atoms with Crippen LogP contribution in [-0.4, -0.2) is 18.3 Å². The highest BCUT2D eigenvalue weighted by Crippen LogP contribution is 2.19. The van der Waals surface area contributed by atoms with Gasteiger partial charge in [-0.15, -0.1) is 11.6 Å². The van der Waals surface area contributed by atoms with Crippen molar-refractivity contribution in [2.75, 3.05) is 12.5 Å². The van der Waals surface area contributed by atoms with E-state index >= 15 is 0 Å². The van der Waals surface area contributed by atoms with Crippen molar-refractivity contribution in [3.05, 3.63) is 29.6 Å². The Morgan fingerprint density at radius 1 is 1.32 bits per heavy atom. The van der Waals surface area contributed by atoms with Crippen molar-refractivity contribution in [3.8, 4) is 5.75 Å². The number of hydrogen-bond acceptors (Lipinski definition) is 2. The van der Waals surface area contributed by atoms with Crippen molar-refractivity contribution in [2.24, 2.45) is 0 Å². The summed E-state index contributed by atoms with van der Waals surface area (Å²) in [4.78, 5) is 11.5. The molecular weight excluding hydrogens is 267 g/mol. The summed E-state index contributed by atoms with van der Waals surface area (Å²) in [6.45, 7) is 2.64. The second-order valence-electron chi connectivity index (χ2n) is 4.42. The smallest absolute Gasteiger partial charge is 0.165 e. The summed E-state index contributed by atoms with van der Waals surface area (Å²) >= 11 is 5.49. The lowest BCUT2D eigenvalue weighted by atomic mass is 10.1. The first kappa shape index (κ1) is 16.0. The van der Waals surface area contributed by atoms with Gasteiger partial charge in [-0.05, 0) is 24.6 Å². The van der Waals surface area contributed by atoms with Crippen LogP contribution < -0.4 is 4.74 Å². The first-order valence-electron chi connectivity index (χ1n) is 6.70. The predicted molar refractivity (Wildman–Crippen MR) is 75.7 cm³/mol. The van der Waals surface area contributed by atoms with Gasteiger partial charge in [0.05, 0.1) is 6.61 Å². The number of alkyl halides is 1. The lowest BCUT2D eigenvalue weighted by Gasteiger charge is -2.08. The zero-order valence-electron chi connectivity index (χ0n) is 11.3. The minimum Gasteiger partial charge on any atom is -0.491 e. The molecule has 19 heavy (non-hydrogen) atoms. The van der Waals surface area contributed by atoms with Crippen LogP contribution >= 0.6 is 11.6 Å². The topological polar surface area (TPSA) is 26.3 Å². The van der Waals surface area contributed by atoms with Gasteiger partial charge in [0.1, 0.15) is 0 Å². The van der Waals surface area contributed by atoms with Crippen LogP contribution in [0.5, 0.6) is 5.75 Å². The van der Waals surface area contributed by atoms with E-state index in [1.807, 2.05) is 0 Å². The molecule has 0 saturated heterocycles. The van der Waals surface area contributed by atoms with Gasteiger partial charge < -0.3 is 4.74 Å². The number of rotatable bonds is 9. The quantitative estimate of drug-likeness (QED) is 0.377. The molecule has 2 nitrogen and oxygen atoms in total. The maximum Gasteiger partial charge on any atom is 0.165 e. The Labute approximate surface area is 118 Å². The number of benzene rings is 1. The maximum atomic E-state index is 13.7. The molecule has 1 rings (SSSR count). The Bertz CT molecular complexity index is 407. The molecule has 0 spiro atoms. The Morgan fingerprint density at radius 3 is 2.74 bits per heavy atom. The normalized spacial score (nSPS) is 10.5. The molecule has 0 heterocycles. The molecule has 0 bridgehead atoms. The molecule has 0 aliphatic carbocycles. The number of carbonyl (C=O) groups excluding carboxylic acids is 1. The molecule has 0 N–H and O–H groups in total. The minimum absolute atomic E-state index is 0.150. The standard InChI is InChI=1S/C15H20ClFO2/c1-2-3-4-5-10-19-15-7-6-12(11-13(15)17)14(18)8-9-16/h6-7,11H,2-5,8-10H2,1H3. The zero-order chi connectivity index (χ0) is 14.1. The number of halogens is 2. The number of unbranched alkanes of at least 4 members (excludes halogenated alkanes) is 3. The van der Waals surface area contributed by atoms with E-state index < -0.39 is 5.82 Å². The molecule has 0 atom stereocenters. The van der Waals surface area contributed by atoms with Crippen LogP contribution in [0.25, 0.3) is 0 Å². The molecule has 1 aromatic carbocycles. The molecule has 0 aliphatic heterocycles. The number of Topliss-reactive ketones (excluding diaryl/α,β-unsaturated/α-hetero) is 1. The summed E-state index contributed by atoms with van der Waals surface area (Å²) in [6, 6.07) is 4.31. The summed E-state index contributed by atoms with van der Waals surface area (Å²) in [5, 5.41) is 0. The summed E-state index contributed by atoms with van der Waals surface area (Å²) in [5.74, 6) is -0.186. The van der Waals surface area contributed by atoms with Crippen molar-refractivity contribution < 1.29 is 13.9 Å². The molecule has 0 aliphatic rings. The first-order chi connectivity index (χ1) is 9.19. The molecule has 0 fully saturated rings. The third-order valence-electron chi connectivity index (χ3n) is 2.83. The van der Waals surface area contributed by atoms with Gasteiger partial charge in [0.25, 0.3) is 0 Å². The molecule has 0 saturated carbocycles. The van der Waals surface area contributed by atoms with E-state index in [4.69, 9.17) is 16.3 Å². The second kappa shape index (κ2) is 8.92. The monoisotopic (exact) mass is 286 g/mol. The minimum atomic E-state index is -0.490. The molecule has 1 aromatic rings. The average molecular weight is 287 g/mol. The van der Waals surface area contributed by atoms with Crippen LogP contribution in [0.1, 0.15) is 49.4 Å². The fourth-order valence-corrected chi connectivity index (χ4v) is 1.90. The summed E-state index contributed by atoms with van der Waals surface area (Å²) in [6.07, 6.45) is 4.55. The highest BCUT2D eigenvalue weighted by molar-refractivity contribution is 6.19. The maximum absolute atomic E-state index is 13.7. The second-order valence-corrected chi connectivity index (χ2v) is 4.79. The molecule has 0 radical (unpaired) electrons. The highest BCUT2D eigenvalue weighted by atomic mass is 35.5. The Balaban J connectivity index is 2.50. The van der Waals surface area contributed by atoms with Gasteiger partial charge in [0, 0.05) is 17.9 Å². The lowest BCUT2D eigenvalue weighted by molar-refractivity contribution is 0.0988. The van der Waals surface area contributed by atoms with Crippen LogP contribution in [0.4, 0.5) is 4.39 Å². The largest absolute Gasteiger partial charge is 0.491 e. The SMILES string of the molecule is CCCCCCOc1ccc(C(=O)CCCl)cc1F. The zero-order valence-corrected chi connectivity index (χ0v) is 12.0. The fraction of sp³-hybridized carbons (Fsp3) is 0.533. The number of hydrogen-bond donors (Lipinski definition) is 0. The van der Waals surface area contributed by atoms with Crippen LogP contribution in [-0.2, 0) is 0 Å². The van der Waals surface area contributed by atoms with E-state index in [9.17, 15) is 9.18 Å². The molecule has 0 unspecified atom stereocenters. The van der Waals surface area contributed by atoms with E-state index in [1.165, 1.54) is 12.1 Å². The lowest BCUT2D eigenvalue weighted by Crippen LogP contribution is -2.03. The van der Waals surface area contributed by atoms with Gasteiger partial charge in [-0.1, -0.05) is 26.2 Å². The van der Waals surface area contributed by atoms with E-state index in [0.717, 1.165) is 25.7 Å². The Kier molecular flexibility index (Phi) is 7.49. The third-order valence-corrected chi connectivity index (χ3v) is 3.02. The van der Waals surface area contributed by atoms with Crippen molar-refractivity contribution in [1.29, 1.82) is 0 Å². The van der Waals surface area contributed by atoms with Crippen LogP contribution in [0.3, 0.4) is 0 Å². The van der Waals surface area contributed by atoms with E-state index in [2.05, 4.69) is 6.92 Å². The fourth-order valence-electron chi connectivity index (χ4n) is 1.73. The van der Waals surface area contributed by atoms with Crippen molar-refractivity contribution >= 4 is 17.4 Å². The van der Waals surface area contributed by atoms with Crippen LogP contribution in [0.2, 0.25) is 0 Å². The Morgan fingerprint density at radius 2 is 2.11 bits per heavy atom. The molecule has 4 heteroatoms. The van der Waals surface area contributed by atoms with Gasteiger partial charge in [0.15, 0.2) is 17.3 Å². The van der Waals surface area contributed by atoms with Crippen molar-refractivity contribution in [2.45, 2.75) is 39.0 Å². The van der Waals surface area contributed by atoms with Gasteiger partial charge in [-0.3, -0.25) is 4.79 Å². The highest BCUT2D eigenvalue weighted by Gasteiger charge is 2.10. The third kappa shape index (κ3) is 5.60. The number of carbonyl (C=O) groups is 1. The van der Waals surface area contributed by atoms with Gasteiger partial charge >= 0.3 is 0 Å². The molecule has 0 aromatic heterocycles. The van der Waals surface area contributed by atoms with Gasteiger partial charge in [-0.25, -0.2) is 4.39 Å². The average Bonchev–Trinajstić information content (AvgIpc) is 2.40. The Hall–Kier alpha value is -1.09. The number of ketones is 1. The molecular formula is C15H20ClFO2. The van der Waals surface area contributed by atoms with Crippen molar-refractivity contribution in [3.63, 3.8) is 0 Å². The molecule has 0 amide bonds. The van der Waals surface area contributed by atoms with Crippen LogP contribution in [0.15, 0.2) is 18.2 Å². The van der Waals surface area contributed by atoms with E-state index in [0.29, 0.717) is 12.2 Å². The van der Waals surface area contributed by atoms with Crippen LogP contribution in [0, 0.1) is 5.82 Å². The summed E-state index contributed by atoms with van der Waals surface area (Å²) in [5.41, 5.74) is 0.344. The summed E-state index contributed by atoms with van der Waals surface area (Å²) < 4.78 is 19.1. The van der Waals surface area contributed by atoms with Gasteiger partial charge in [0.2, 0.25) is 0 Å². The number of ether oxygens (including phenoxy) is 1. The van der Waals surface area contributed by atoms with E-state index in [-0.39, 0.29) is 23.8 Å². The molecule has 106 valence electrons. The predicted octanol–water partition coefficient (Wildman–Crippen LogP) is 4.60. The van der Waals surface area contributed by atoms with Gasteiger partial charge in [-0.2, -0.15) is 0 Å². The summed E-state index contributed by atoms with van der Waals surface area (Å²) in [7, 11) is 0.